The maximum absolute atomic E-state index is 12.5. The summed E-state index contributed by atoms with van der Waals surface area (Å²) in [5.74, 6) is 1.67. The van der Waals surface area contributed by atoms with Gasteiger partial charge in [0.15, 0.2) is 0 Å². The summed E-state index contributed by atoms with van der Waals surface area (Å²) in [5.41, 5.74) is 4.83. The minimum Gasteiger partial charge on any atom is -0.493 e. The lowest BCUT2D eigenvalue weighted by atomic mass is 9.94. The number of allylic oxidation sites excluding steroid dienone is 1. The second kappa shape index (κ2) is 8.97. The normalized spacial score (nSPS) is 13.9. The van der Waals surface area contributed by atoms with Gasteiger partial charge in [0.2, 0.25) is 5.91 Å². The van der Waals surface area contributed by atoms with E-state index in [9.17, 15) is 4.79 Å². The maximum Gasteiger partial charge on any atom is 0.244 e. The highest BCUT2D eigenvalue weighted by Crippen LogP contribution is 2.38. The van der Waals surface area contributed by atoms with Crippen LogP contribution in [-0.4, -0.2) is 12.5 Å². The molecule has 5 heteroatoms. The number of hydrogen-bond donors (Lipinski definition) is 1. The second-order valence-corrected chi connectivity index (χ2v) is 8.03. The molecule has 1 aliphatic rings. The van der Waals surface area contributed by atoms with Gasteiger partial charge in [-0.1, -0.05) is 29.8 Å². The van der Waals surface area contributed by atoms with Crippen LogP contribution in [-0.2, 0) is 24.2 Å². The molecule has 0 atom stereocenters. The van der Waals surface area contributed by atoms with Crippen LogP contribution in [0.15, 0.2) is 46.9 Å². The second-order valence-electron chi connectivity index (χ2n) is 7.63. The number of benzene rings is 2. The van der Waals surface area contributed by atoms with Gasteiger partial charge < -0.3 is 14.5 Å². The van der Waals surface area contributed by atoms with Gasteiger partial charge in [-0.25, -0.2) is 0 Å². The van der Waals surface area contributed by atoms with Gasteiger partial charge in [-0.15, -0.1) is 0 Å². The van der Waals surface area contributed by atoms with Gasteiger partial charge in [0.1, 0.15) is 17.1 Å². The third kappa shape index (κ3) is 4.24. The lowest BCUT2D eigenvalue weighted by molar-refractivity contribution is -0.116. The van der Waals surface area contributed by atoms with Crippen LogP contribution < -0.4 is 10.1 Å². The highest BCUT2D eigenvalue weighted by atomic mass is 35.5. The molecule has 0 saturated heterocycles. The van der Waals surface area contributed by atoms with Gasteiger partial charge in [0.05, 0.1) is 6.61 Å². The zero-order valence-corrected chi connectivity index (χ0v) is 18.1. The van der Waals surface area contributed by atoms with E-state index < -0.39 is 0 Å². The van der Waals surface area contributed by atoms with Gasteiger partial charge >= 0.3 is 0 Å². The Morgan fingerprint density at radius 1 is 1.23 bits per heavy atom. The number of amides is 1. The van der Waals surface area contributed by atoms with Gasteiger partial charge in [0.25, 0.3) is 0 Å². The smallest absolute Gasteiger partial charge is 0.244 e. The van der Waals surface area contributed by atoms with Gasteiger partial charge in [-0.3, -0.25) is 4.79 Å². The zero-order chi connectivity index (χ0) is 21.1. The average molecular weight is 424 g/mol. The number of ether oxygens (including phenoxy) is 1. The molecule has 3 aromatic rings. The van der Waals surface area contributed by atoms with Crippen molar-refractivity contribution in [2.24, 2.45) is 0 Å². The Kier molecular flexibility index (Phi) is 6.14. The quantitative estimate of drug-likeness (QED) is 0.488. The number of halogens is 1. The van der Waals surface area contributed by atoms with Crippen LogP contribution in [0, 0.1) is 0 Å². The van der Waals surface area contributed by atoms with Crippen LogP contribution in [0.4, 0.5) is 0 Å². The molecule has 4 rings (SSSR count). The molecule has 1 aromatic heterocycles. The minimum atomic E-state index is -0.163. The summed E-state index contributed by atoms with van der Waals surface area (Å²) in [6.45, 7) is 4.82. The van der Waals surface area contributed by atoms with Crippen molar-refractivity contribution in [3.63, 3.8) is 0 Å². The van der Waals surface area contributed by atoms with Crippen molar-refractivity contribution in [2.45, 2.75) is 46.1 Å². The molecule has 1 heterocycles. The molecule has 4 nitrogen and oxygen atoms in total. The largest absolute Gasteiger partial charge is 0.493 e. The molecule has 0 bridgehead atoms. The van der Waals surface area contributed by atoms with Crippen molar-refractivity contribution in [3.8, 4) is 5.75 Å². The topological polar surface area (TPSA) is 51.5 Å². The molecule has 1 amide bonds. The van der Waals surface area contributed by atoms with E-state index >= 15 is 0 Å². The Morgan fingerprint density at radius 2 is 2.03 bits per heavy atom. The Bertz CT molecular complexity index is 1110. The predicted octanol–water partition coefficient (Wildman–Crippen LogP) is 6.08. The Morgan fingerprint density at radius 3 is 2.83 bits per heavy atom. The molecular formula is C25H26ClNO3. The first kappa shape index (κ1) is 20.5. The summed E-state index contributed by atoms with van der Waals surface area (Å²) in [6, 6.07) is 11.6. The molecular weight excluding hydrogens is 398 g/mol. The molecule has 2 aromatic carbocycles. The van der Waals surface area contributed by atoms with E-state index in [-0.39, 0.29) is 5.91 Å². The van der Waals surface area contributed by atoms with Crippen molar-refractivity contribution in [1.82, 2.24) is 5.32 Å². The number of aryl methyl sites for hydroxylation is 2. The van der Waals surface area contributed by atoms with Crippen molar-refractivity contribution in [1.29, 1.82) is 0 Å². The molecule has 156 valence electrons. The molecule has 0 saturated carbocycles. The number of hydrogen-bond acceptors (Lipinski definition) is 3. The maximum atomic E-state index is 12.5. The van der Waals surface area contributed by atoms with Crippen molar-refractivity contribution < 1.29 is 13.9 Å². The summed E-state index contributed by atoms with van der Waals surface area (Å²) >= 11 is 6.18. The summed E-state index contributed by atoms with van der Waals surface area (Å²) < 4.78 is 12.0. The molecule has 0 aliphatic heterocycles. The molecule has 1 N–H and O–H groups in total. The molecule has 0 spiro atoms. The summed E-state index contributed by atoms with van der Waals surface area (Å²) in [5, 5.41) is 4.69. The number of carbonyl (C=O) groups is 1. The number of carbonyl (C=O) groups excluding carboxylic acids is 1. The van der Waals surface area contributed by atoms with Crippen LogP contribution in [0.3, 0.4) is 0 Å². The molecule has 0 unspecified atom stereocenters. The lowest BCUT2D eigenvalue weighted by Crippen LogP contribution is -2.20. The minimum absolute atomic E-state index is 0.163. The van der Waals surface area contributed by atoms with Gasteiger partial charge in [-0.2, -0.15) is 0 Å². The Balaban J connectivity index is 1.62. The number of rotatable bonds is 6. The van der Waals surface area contributed by atoms with Crippen molar-refractivity contribution in [3.05, 3.63) is 69.9 Å². The summed E-state index contributed by atoms with van der Waals surface area (Å²) in [6.07, 6.45) is 6.00. The van der Waals surface area contributed by atoms with E-state index in [0.717, 1.165) is 52.0 Å². The number of fused-ring (bicyclic) bond motifs is 3. The average Bonchev–Trinajstić information content (AvgIpc) is 3.10. The predicted molar refractivity (Wildman–Crippen MR) is 121 cm³/mol. The van der Waals surface area contributed by atoms with E-state index in [4.69, 9.17) is 20.8 Å². The third-order valence-corrected chi connectivity index (χ3v) is 5.91. The highest BCUT2D eigenvalue weighted by Gasteiger charge is 2.20. The van der Waals surface area contributed by atoms with Crippen LogP contribution in [0.5, 0.6) is 5.75 Å². The van der Waals surface area contributed by atoms with Crippen LogP contribution in [0.2, 0.25) is 5.02 Å². The molecule has 30 heavy (non-hydrogen) atoms. The van der Waals surface area contributed by atoms with E-state index in [1.165, 1.54) is 18.4 Å². The first-order valence-corrected chi connectivity index (χ1v) is 10.9. The van der Waals surface area contributed by atoms with E-state index in [1.54, 1.807) is 6.08 Å². The number of nitrogens with one attached hydrogen (secondary N) is 1. The number of furan rings is 1. The highest BCUT2D eigenvalue weighted by molar-refractivity contribution is 6.31. The Hall–Kier alpha value is -2.72. The van der Waals surface area contributed by atoms with Gasteiger partial charge in [-0.05, 0) is 56.4 Å². The molecule has 0 radical (unpaired) electrons. The zero-order valence-electron chi connectivity index (χ0n) is 17.4. The summed E-state index contributed by atoms with van der Waals surface area (Å²) in [4.78, 5) is 12.5. The third-order valence-electron chi connectivity index (χ3n) is 5.54. The lowest BCUT2D eigenvalue weighted by Gasteiger charge is -2.12. The van der Waals surface area contributed by atoms with E-state index in [1.807, 2.05) is 44.2 Å². The van der Waals surface area contributed by atoms with Crippen molar-refractivity contribution >= 4 is 34.1 Å². The van der Waals surface area contributed by atoms with E-state index in [2.05, 4.69) is 11.4 Å². The standard InChI is InChI=1S/C25H26ClNO3/c1-3-29-23-14-24-20(18-9-5-7-11-22(18)30-24)13-19(23)16(2)12-25(28)27-15-17-8-4-6-10-21(17)26/h4,6,8,10,12-14H,3,5,7,9,11,15H2,1-2H3,(H,27,28)/b16-12+. The Labute approximate surface area is 181 Å². The fraction of sp³-hybridized carbons (Fsp3) is 0.320. The van der Waals surface area contributed by atoms with Crippen LogP contribution in [0.1, 0.15) is 49.1 Å². The molecule has 1 aliphatic carbocycles. The first-order valence-electron chi connectivity index (χ1n) is 10.5. The fourth-order valence-corrected chi connectivity index (χ4v) is 4.22. The van der Waals surface area contributed by atoms with Crippen molar-refractivity contribution in [2.75, 3.05) is 6.61 Å². The van der Waals surface area contributed by atoms with Crippen LogP contribution in [0.25, 0.3) is 16.5 Å². The fourth-order valence-electron chi connectivity index (χ4n) is 4.02. The van der Waals surface area contributed by atoms with Gasteiger partial charge in [0, 0.05) is 46.6 Å². The van der Waals surface area contributed by atoms with Crippen LogP contribution >= 0.6 is 11.6 Å². The molecule has 0 fully saturated rings. The van der Waals surface area contributed by atoms with E-state index in [0.29, 0.717) is 18.2 Å². The monoisotopic (exact) mass is 423 g/mol. The summed E-state index contributed by atoms with van der Waals surface area (Å²) in [7, 11) is 0. The first-order chi connectivity index (χ1) is 14.6. The SMILES string of the molecule is CCOc1cc2oc3c(c2cc1/C(C)=C/C(=O)NCc1ccccc1Cl)CCCC3.